The predicted octanol–water partition coefficient (Wildman–Crippen LogP) is 3.18. The smallest absolute Gasteiger partial charge is 0.185 e. The summed E-state index contributed by atoms with van der Waals surface area (Å²) in [6.07, 6.45) is 7.79. The Morgan fingerprint density at radius 3 is 2.72 bits per heavy atom. The number of thiazole rings is 1. The van der Waals surface area contributed by atoms with Gasteiger partial charge in [0.2, 0.25) is 0 Å². The third-order valence-corrected chi connectivity index (χ3v) is 5.01. The lowest BCUT2D eigenvalue weighted by Crippen LogP contribution is -2.23. The number of hydrogen-bond donors (Lipinski definition) is 1. The average molecular weight is 267 g/mol. The van der Waals surface area contributed by atoms with Crippen LogP contribution in [0.5, 0.6) is 0 Å². The van der Waals surface area contributed by atoms with Crippen molar-refractivity contribution in [2.75, 3.05) is 18.5 Å². The zero-order valence-electron chi connectivity index (χ0n) is 11.6. The van der Waals surface area contributed by atoms with Crippen LogP contribution >= 0.6 is 11.3 Å². The second-order valence-electron chi connectivity index (χ2n) is 5.35. The molecule has 0 bridgehead atoms. The molecule has 1 aliphatic rings. The van der Waals surface area contributed by atoms with Crippen LogP contribution in [0.3, 0.4) is 0 Å². The Hall–Kier alpha value is -0.610. The summed E-state index contributed by atoms with van der Waals surface area (Å²) in [6.45, 7) is 3.98. The SMILES string of the molecule is CCCc1nc(N(C)CC2CCCC2)sc1CN. The van der Waals surface area contributed by atoms with Gasteiger partial charge in [0.05, 0.1) is 5.69 Å². The van der Waals surface area contributed by atoms with Gasteiger partial charge in [-0.15, -0.1) is 11.3 Å². The fourth-order valence-corrected chi connectivity index (χ4v) is 3.74. The van der Waals surface area contributed by atoms with Gasteiger partial charge in [-0.2, -0.15) is 0 Å². The van der Waals surface area contributed by atoms with Gasteiger partial charge in [-0.05, 0) is 25.2 Å². The van der Waals surface area contributed by atoms with E-state index in [2.05, 4.69) is 18.9 Å². The molecule has 1 saturated carbocycles. The zero-order valence-corrected chi connectivity index (χ0v) is 12.4. The van der Waals surface area contributed by atoms with Gasteiger partial charge in [0, 0.05) is 25.0 Å². The molecule has 1 aromatic heterocycles. The molecule has 0 aromatic carbocycles. The predicted molar refractivity (Wildman–Crippen MR) is 79.2 cm³/mol. The molecule has 0 radical (unpaired) electrons. The average Bonchev–Trinajstić information content (AvgIpc) is 2.98. The maximum Gasteiger partial charge on any atom is 0.185 e. The maximum absolute atomic E-state index is 5.81. The second-order valence-corrected chi connectivity index (χ2v) is 6.41. The van der Waals surface area contributed by atoms with E-state index in [1.807, 2.05) is 0 Å². The standard InChI is InChI=1S/C14H25N3S/c1-3-6-12-13(9-15)18-14(16-12)17(2)10-11-7-4-5-8-11/h11H,3-10,15H2,1-2H3. The van der Waals surface area contributed by atoms with Crippen molar-refractivity contribution in [2.45, 2.75) is 52.0 Å². The summed E-state index contributed by atoms with van der Waals surface area (Å²) in [5.74, 6) is 0.870. The number of aryl methyl sites for hydroxylation is 1. The molecule has 0 unspecified atom stereocenters. The fourth-order valence-electron chi connectivity index (χ4n) is 2.78. The van der Waals surface area contributed by atoms with Gasteiger partial charge in [0.25, 0.3) is 0 Å². The van der Waals surface area contributed by atoms with Gasteiger partial charge in [-0.25, -0.2) is 4.98 Å². The van der Waals surface area contributed by atoms with E-state index < -0.39 is 0 Å². The van der Waals surface area contributed by atoms with Crippen molar-refractivity contribution in [1.29, 1.82) is 0 Å². The number of hydrogen-bond acceptors (Lipinski definition) is 4. The summed E-state index contributed by atoms with van der Waals surface area (Å²) >= 11 is 1.78. The Labute approximate surface area is 114 Å². The number of nitrogens with two attached hydrogens (primary N) is 1. The Kier molecular flexibility index (Phi) is 5.01. The molecule has 0 aliphatic heterocycles. The van der Waals surface area contributed by atoms with Gasteiger partial charge in [0.15, 0.2) is 5.13 Å². The van der Waals surface area contributed by atoms with Crippen LogP contribution in [0.4, 0.5) is 5.13 Å². The highest BCUT2D eigenvalue weighted by molar-refractivity contribution is 7.15. The number of aromatic nitrogens is 1. The molecule has 1 aromatic rings. The van der Waals surface area contributed by atoms with E-state index in [0.717, 1.165) is 30.4 Å². The summed E-state index contributed by atoms with van der Waals surface area (Å²) in [7, 11) is 2.17. The lowest BCUT2D eigenvalue weighted by atomic mass is 10.1. The van der Waals surface area contributed by atoms with Crippen molar-refractivity contribution < 1.29 is 0 Å². The lowest BCUT2D eigenvalue weighted by Gasteiger charge is -2.19. The largest absolute Gasteiger partial charge is 0.351 e. The van der Waals surface area contributed by atoms with Crippen LogP contribution in [-0.2, 0) is 13.0 Å². The van der Waals surface area contributed by atoms with Crippen LogP contribution in [0.2, 0.25) is 0 Å². The normalized spacial score (nSPS) is 16.4. The molecule has 1 heterocycles. The fraction of sp³-hybridized carbons (Fsp3) is 0.786. The van der Waals surface area contributed by atoms with Crippen LogP contribution < -0.4 is 10.6 Å². The van der Waals surface area contributed by atoms with Crippen molar-refractivity contribution in [2.24, 2.45) is 11.7 Å². The minimum Gasteiger partial charge on any atom is -0.351 e. The van der Waals surface area contributed by atoms with Crippen LogP contribution in [0.25, 0.3) is 0 Å². The molecule has 1 aliphatic carbocycles. The molecular formula is C14H25N3S. The molecule has 18 heavy (non-hydrogen) atoms. The minimum atomic E-state index is 0.629. The molecule has 0 atom stereocenters. The molecule has 1 fully saturated rings. The molecular weight excluding hydrogens is 242 g/mol. The van der Waals surface area contributed by atoms with E-state index >= 15 is 0 Å². The van der Waals surface area contributed by atoms with Crippen molar-refractivity contribution >= 4 is 16.5 Å². The Bertz CT molecular complexity index is 369. The minimum absolute atomic E-state index is 0.629. The van der Waals surface area contributed by atoms with E-state index in [9.17, 15) is 0 Å². The van der Waals surface area contributed by atoms with E-state index in [4.69, 9.17) is 10.7 Å². The van der Waals surface area contributed by atoms with E-state index in [-0.39, 0.29) is 0 Å². The highest BCUT2D eigenvalue weighted by Crippen LogP contribution is 2.30. The van der Waals surface area contributed by atoms with E-state index in [1.165, 1.54) is 36.3 Å². The summed E-state index contributed by atoms with van der Waals surface area (Å²) in [4.78, 5) is 8.38. The Morgan fingerprint density at radius 1 is 1.39 bits per heavy atom. The van der Waals surface area contributed by atoms with Gasteiger partial charge >= 0.3 is 0 Å². The van der Waals surface area contributed by atoms with Crippen LogP contribution in [0, 0.1) is 5.92 Å². The summed E-state index contributed by atoms with van der Waals surface area (Å²) in [5.41, 5.74) is 7.03. The molecule has 0 spiro atoms. The number of anilines is 1. The number of nitrogens with zero attached hydrogens (tertiary/aromatic N) is 2. The van der Waals surface area contributed by atoms with Gasteiger partial charge in [-0.1, -0.05) is 26.2 Å². The first kappa shape index (κ1) is 13.8. The highest BCUT2D eigenvalue weighted by atomic mass is 32.1. The number of rotatable bonds is 6. The first-order valence-electron chi connectivity index (χ1n) is 7.14. The Morgan fingerprint density at radius 2 is 2.11 bits per heavy atom. The van der Waals surface area contributed by atoms with Crippen LogP contribution in [0.15, 0.2) is 0 Å². The van der Waals surface area contributed by atoms with Crippen molar-refractivity contribution in [1.82, 2.24) is 4.98 Å². The van der Waals surface area contributed by atoms with Gasteiger partial charge in [-0.3, -0.25) is 0 Å². The molecule has 3 nitrogen and oxygen atoms in total. The third kappa shape index (κ3) is 3.23. The van der Waals surface area contributed by atoms with Crippen molar-refractivity contribution in [3.8, 4) is 0 Å². The maximum atomic E-state index is 5.81. The second kappa shape index (κ2) is 6.53. The highest BCUT2D eigenvalue weighted by Gasteiger charge is 2.19. The van der Waals surface area contributed by atoms with E-state index in [0.29, 0.717) is 6.54 Å². The van der Waals surface area contributed by atoms with Gasteiger partial charge in [0.1, 0.15) is 0 Å². The van der Waals surface area contributed by atoms with E-state index in [1.54, 1.807) is 11.3 Å². The lowest BCUT2D eigenvalue weighted by molar-refractivity contribution is 0.546. The summed E-state index contributed by atoms with van der Waals surface area (Å²) in [5, 5.41) is 1.16. The summed E-state index contributed by atoms with van der Waals surface area (Å²) in [6, 6.07) is 0. The topological polar surface area (TPSA) is 42.2 Å². The van der Waals surface area contributed by atoms with Crippen molar-refractivity contribution in [3.05, 3.63) is 10.6 Å². The summed E-state index contributed by atoms with van der Waals surface area (Å²) < 4.78 is 0. The Balaban J connectivity index is 2.02. The monoisotopic (exact) mass is 267 g/mol. The van der Waals surface area contributed by atoms with Crippen molar-refractivity contribution in [3.63, 3.8) is 0 Å². The molecule has 0 amide bonds. The molecule has 2 N–H and O–H groups in total. The first-order valence-corrected chi connectivity index (χ1v) is 7.96. The van der Waals surface area contributed by atoms with Crippen LogP contribution in [-0.4, -0.2) is 18.6 Å². The molecule has 2 rings (SSSR count). The molecule has 4 heteroatoms. The quantitative estimate of drug-likeness (QED) is 0.860. The molecule has 102 valence electrons. The first-order chi connectivity index (χ1) is 8.74. The third-order valence-electron chi connectivity index (χ3n) is 3.77. The molecule has 0 saturated heterocycles. The zero-order chi connectivity index (χ0) is 13.0. The van der Waals surface area contributed by atoms with Gasteiger partial charge < -0.3 is 10.6 Å². The van der Waals surface area contributed by atoms with Crippen LogP contribution in [0.1, 0.15) is 49.6 Å².